The van der Waals surface area contributed by atoms with Gasteiger partial charge in [-0.2, -0.15) is 4.39 Å². The highest BCUT2D eigenvalue weighted by atomic mass is 79.9. The Labute approximate surface area is 125 Å². The summed E-state index contributed by atoms with van der Waals surface area (Å²) in [5.74, 6) is -1.97. The highest BCUT2D eigenvalue weighted by Crippen LogP contribution is 2.27. The number of halogens is 3. The summed E-state index contributed by atoms with van der Waals surface area (Å²) in [6.45, 7) is 3.99. The molecule has 20 heavy (non-hydrogen) atoms. The van der Waals surface area contributed by atoms with Crippen molar-refractivity contribution in [3.63, 3.8) is 0 Å². The number of nitrogens with one attached hydrogen (secondary N) is 1. The van der Waals surface area contributed by atoms with Crippen molar-refractivity contribution in [1.29, 1.82) is 0 Å². The van der Waals surface area contributed by atoms with Crippen LogP contribution in [0.15, 0.2) is 16.6 Å². The fraction of sp³-hybridized carbons (Fsp3) is 0.571. The van der Waals surface area contributed by atoms with Crippen LogP contribution in [-0.4, -0.2) is 31.9 Å². The van der Waals surface area contributed by atoms with Crippen LogP contribution in [0.5, 0.6) is 5.75 Å². The van der Waals surface area contributed by atoms with E-state index in [1.54, 1.807) is 0 Å². The Morgan fingerprint density at radius 1 is 1.35 bits per heavy atom. The van der Waals surface area contributed by atoms with E-state index >= 15 is 0 Å². The number of hydrogen-bond donors (Lipinski definition) is 1. The average molecular weight is 350 g/mol. The molecular formula is C14H18BrF2NO2. The smallest absolute Gasteiger partial charge is 0.200 e. The lowest BCUT2D eigenvalue weighted by Crippen LogP contribution is -2.28. The SMILES string of the molecule is CCNCC1CCC(COc2cc(Br)cc(F)c2F)O1. The third kappa shape index (κ3) is 4.14. The van der Waals surface area contributed by atoms with Crippen LogP contribution in [0.4, 0.5) is 8.78 Å². The molecule has 3 nitrogen and oxygen atoms in total. The van der Waals surface area contributed by atoms with E-state index in [1.807, 2.05) is 6.92 Å². The Bertz CT molecular complexity index is 459. The fourth-order valence-electron chi connectivity index (χ4n) is 2.18. The topological polar surface area (TPSA) is 30.5 Å². The summed E-state index contributed by atoms with van der Waals surface area (Å²) in [6.07, 6.45) is 1.93. The number of ether oxygens (including phenoxy) is 2. The Morgan fingerprint density at radius 3 is 2.85 bits per heavy atom. The van der Waals surface area contributed by atoms with Crippen molar-refractivity contribution in [1.82, 2.24) is 5.32 Å². The average Bonchev–Trinajstić information content (AvgIpc) is 2.86. The molecule has 1 N–H and O–H groups in total. The zero-order valence-electron chi connectivity index (χ0n) is 11.3. The Kier molecular flexibility index (Phi) is 5.74. The highest BCUT2D eigenvalue weighted by molar-refractivity contribution is 9.10. The molecule has 1 aliphatic heterocycles. The van der Waals surface area contributed by atoms with Gasteiger partial charge in [-0.05, 0) is 31.5 Å². The predicted molar refractivity (Wildman–Crippen MR) is 76.0 cm³/mol. The molecule has 0 bridgehead atoms. The summed E-state index contributed by atoms with van der Waals surface area (Å²) in [5.41, 5.74) is 0. The molecule has 1 fully saturated rings. The summed E-state index contributed by atoms with van der Waals surface area (Å²) in [4.78, 5) is 0. The quantitative estimate of drug-likeness (QED) is 0.799. The number of likely N-dealkylation sites (N-methyl/N-ethyl adjacent to an activating group) is 1. The van der Waals surface area contributed by atoms with E-state index in [2.05, 4.69) is 21.2 Å². The summed E-state index contributed by atoms with van der Waals surface area (Å²) in [6, 6.07) is 2.49. The van der Waals surface area contributed by atoms with Crippen molar-refractivity contribution >= 4 is 15.9 Å². The molecule has 0 aliphatic carbocycles. The lowest BCUT2D eigenvalue weighted by molar-refractivity contribution is 0.0179. The Hall–Kier alpha value is -0.720. The monoisotopic (exact) mass is 349 g/mol. The molecule has 112 valence electrons. The lowest BCUT2D eigenvalue weighted by atomic mass is 10.2. The van der Waals surface area contributed by atoms with Gasteiger partial charge in [-0.3, -0.25) is 0 Å². The van der Waals surface area contributed by atoms with Crippen LogP contribution in [0, 0.1) is 11.6 Å². The van der Waals surface area contributed by atoms with Gasteiger partial charge in [0.2, 0.25) is 5.82 Å². The van der Waals surface area contributed by atoms with E-state index in [0.29, 0.717) is 4.47 Å². The normalized spacial score (nSPS) is 22.2. The van der Waals surface area contributed by atoms with E-state index in [4.69, 9.17) is 9.47 Å². The molecule has 1 aromatic rings. The number of rotatable bonds is 6. The van der Waals surface area contributed by atoms with Crippen molar-refractivity contribution in [2.24, 2.45) is 0 Å². The molecule has 0 aromatic heterocycles. The summed E-state index contributed by atoms with van der Waals surface area (Å²) in [5, 5.41) is 3.23. The zero-order chi connectivity index (χ0) is 14.5. The first kappa shape index (κ1) is 15.7. The summed E-state index contributed by atoms with van der Waals surface area (Å²) >= 11 is 3.11. The maximum absolute atomic E-state index is 13.5. The molecule has 6 heteroatoms. The van der Waals surface area contributed by atoms with Crippen LogP contribution >= 0.6 is 15.9 Å². The molecule has 2 unspecified atom stereocenters. The molecule has 1 heterocycles. The van der Waals surface area contributed by atoms with E-state index < -0.39 is 11.6 Å². The van der Waals surface area contributed by atoms with Gasteiger partial charge >= 0.3 is 0 Å². The van der Waals surface area contributed by atoms with Crippen LogP contribution in [0.25, 0.3) is 0 Å². The van der Waals surface area contributed by atoms with E-state index in [1.165, 1.54) is 6.07 Å². The predicted octanol–water partition coefficient (Wildman–Crippen LogP) is 3.26. The zero-order valence-corrected chi connectivity index (χ0v) is 12.9. The molecule has 0 amide bonds. The van der Waals surface area contributed by atoms with Gasteiger partial charge in [0.1, 0.15) is 6.61 Å². The molecule has 2 rings (SSSR count). The Balaban J connectivity index is 1.84. The van der Waals surface area contributed by atoms with Crippen LogP contribution in [0.3, 0.4) is 0 Å². The van der Waals surface area contributed by atoms with Gasteiger partial charge in [-0.15, -0.1) is 0 Å². The highest BCUT2D eigenvalue weighted by Gasteiger charge is 2.25. The van der Waals surface area contributed by atoms with Crippen molar-refractivity contribution in [2.45, 2.75) is 32.0 Å². The third-order valence-electron chi connectivity index (χ3n) is 3.20. The molecule has 0 radical (unpaired) electrons. The lowest BCUT2D eigenvalue weighted by Gasteiger charge is -2.15. The molecular weight excluding hydrogens is 332 g/mol. The van der Waals surface area contributed by atoms with Crippen molar-refractivity contribution in [2.75, 3.05) is 19.7 Å². The molecule has 2 atom stereocenters. The molecule has 1 aromatic carbocycles. The first-order valence-corrected chi connectivity index (χ1v) is 7.53. The molecule has 0 saturated carbocycles. The minimum absolute atomic E-state index is 0.0694. The second-order valence-corrected chi connectivity index (χ2v) is 5.69. The Morgan fingerprint density at radius 2 is 2.10 bits per heavy atom. The third-order valence-corrected chi connectivity index (χ3v) is 3.66. The van der Waals surface area contributed by atoms with Crippen LogP contribution in [0.1, 0.15) is 19.8 Å². The minimum atomic E-state index is -0.963. The number of hydrogen-bond acceptors (Lipinski definition) is 3. The summed E-state index contributed by atoms with van der Waals surface area (Å²) < 4.78 is 38.3. The second-order valence-electron chi connectivity index (χ2n) is 4.78. The van der Waals surface area contributed by atoms with Gasteiger partial charge in [0.05, 0.1) is 12.2 Å². The van der Waals surface area contributed by atoms with Gasteiger partial charge < -0.3 is 14.8 Å². The van der Waals surface area contributed by atoms with Gasteiger partial charge in [-0.1, -0.05) is 22.9 Å². The fourth-order valence-corrected chi connectivity index (χ4v) is 2.59. The van der Waals surface area contributed by atoms with Crippen molar-refractivity contribution < 1.29 is 18.3 Å². The van der Waals surface area contributed by atoms with E-state index in [0.717, 1.165) is 32.0 Å². The van der Waals surface area contributed by atoms with Gasteiger partial charge in [0.25, 0.3) is 0 Å². The van der Waals surface area contributed by atoms with Crippen LogP contribution in [-0.2, 0) is 4.74 Å². The standard InChI is InChI=1S/C14H18BrF2NO2/c1-2-18-7-10-3-4-11(20-10)8-19-13-6-9(15)5-12(16)14(13)17/h5-6,10-11,18H,2-4,7-8H2,1H3. The first-order chi connectivity index (χ1) is 9.60. The van der Waals surface area contributed by atoms with Crippen molar-refractivity contribution in [3.8, 4) is 5.75 Å². The van der Waals surface area contributed by atoms with Gasteiger partial charge in [0, 0.05) is 11.0 Å². The van der Waals surface area contributed by atoms with Gasteiger partial charge in [-0.25, -0.2) is 4.39 Å². The van der Waals surface area contributed by atoms with Gasteiger partial charge in [0.15, 0.2) is 11.6 Å². The molecule has 0 spiro atoms. The minimum Gasteiger partial charge on any atom is -0.488 e. The maximum atomic E-state index is 13.5. The van der Waals surface area contributed by atoms with E-state index in [9.17, 15) is 8.78 Å². The second kappa shape index (κ2) is 7.33. The van der Waals surface area contributed by atoms with Crippen LogP contribution in [0.2, 0.25) is 0 Å². The van der Waals surface area contributed by atoms with Crippen molar-refractivity contribution in [3.05, 3.63) is 28.2 Å². The molecule has 1 aliphatic rings. The largest absolute Gasteiger partial charge is 0.488 e. The van der Waals surface area contributed by atoms with E-state index in [-0.39, 0.29) is 24.6 Å². The summed E-state index contributed by atoms with van der Waals surface area (Å²) in [7, 11) is 0. The maximum Gasteiger partial charge on any atom is 0.200 e. The van der Waals surface area contributed by atoms with Crippen LogP contribution < -0.4 is 10.1 Å². The first-order valence-electron chi connectivity index (χ1n) is 6.73. The number of benzene rings is 1. The molecule has 1 saturated heterocycles.